The van der Waals surface area contributed by atoms with Gasteiger partial charge in [0.15, 0.2) is 5.11 Å². The zero-order chi connectivity index (χ0) is 72.0. The average Bonchev–Trinajstić information content (AvgIpc) is 1.49. The number of thioether (sulfide) groups is 1. The van der Waals surface area contributed by atoms with Gasteiger partial charge in [-0.1, -0.05) is 31.0 Å². The van der Waals surface area contributed by atoms with E-state index in [4.69, 9.17) is 26.1 Å². The number of urea groups is 1. The molecule has 0 bridgehead atoms. The van der Waals surface area contributed by atoms with Gasteiger partial charge in [-0.25, -0.2) is 14.2 Å². The van der Waals surface area contributed by atoms with Crippen molar-refractivity contribution < 1.29 is 82.6 Å². The van der Waals surface area contributed by atoms with Gasteiger partial charge in [0.1, 0.15) is 82.4 Å². The number of aromatic carboxylic acids is 1. The first-order valence-corrected chi connectivity index (χ1v) is 34.4. The Bertz CT molecular complexity index is 3980. The van der Waals surface area contributed by atoms with E-state index >= 15 is 0 Å². The second-order valence-corrected chi connectivity index (χ2v) is 26.4. The summed E-state index contributed by atoms with van der Waals surface area (Å²) in [6.07, 6.45) is 6.68. The molecule has 2 saturated heterocycles. The molecule has 100 heavy (non-hydrogen) atoms. The lowest BCUT2D eigenvalue weighted by molar-refractivity contribution is -0.138. The van der Waals surface area contributed by atoms with Gasteiger partial charge in [-0.3, -0.25) is 33.6 Å². The zero-order valence-electron chi connectivity index (χ0n) is 56.1. The normalized spacial score (nSPS) is 14.7. The molecule has 30 heteroatoms. The molecule has 0 radical (unpaired) electrons. The van der Waals surface area contributed by atoms with Gasteiger partial charge in [-0.15, -0.1) is 0 Å². The van der Waals surface area contributed by atoms with Crippen molar-refractivity contribution in [2.75, 3.05) is 113 Å². The summed E-state index contributed by atoms with van der Waals surface area (Å²) in [5.74, 6) is -5.64. The van der Waals surface area contributed by atoms with Crippen LogP contribution >= 0.6 is 24.0 Å². The SMILES string of the molecule is CN(C)c1ccc2c(-c3ccc(C(=O)NCCCCCNC(=O)C(CCCCNC(=O)CCCCCC4SCC5NC(=O)NC54)NC(=S)Nc4cc(OCCOc5ccccc5N(CC(=O)O)CC(=O)O)cc(N(CC(=O)O)CC(=O)O)c4)cc3C(=O)O)c3ccc(=[N+](C)C)cc-3oc2c1. The molecule has 12 N–H and O–H groups in total. The van der Waals surface area contributed by atoms with Gasteiger partial charge in [0.2, 0.25) is 17.2 Å². The van der Waals surface area contributed by atoms with Crippen molar-refractivity contribution in [2.24, 2.45) is 0 Å². The number of para-hydroxylation sites is 2. The molecule has 28 nitrogen and oxygen atoms in total. The molecule has 5 amide bonds. The summed E-state index contributed by atoms with van der Waals surface area (Å²) in [4.78, 5) is 117. The summed E-state index contributed by atoms with van der Waals surface area (Å²) in [5.41, 5.74) is 3.82. The Morgan fingerprint density at radius 2 is 1.36 bits per heavy atom. The second-order valence-electron chi connectivity index (χ2n) is 24.7. The number of anilines is 4. The standard InChI is InChI=1S/C70H85N11O17S2/c1-78(2)44-21-24-49-56(35-44)98-57-36-45(79(3)4)22-25-50(57)64(49)48-23-20-42(31-51(48)68(93)94)66(91)72-27-12-6-13-28-73-67(92)52(15-11-14-26-71-59(82)19-8-5-7-18-58-65-53(41-100-58)75-69(95)77-65)76-70(99)74-43-32-46(80(37-60(83)84)38-61(85)86)34-47(33-43)96-29-30-97-55-17-10-9-16-54(55)81(39-62(87)88)40-63(89)90/h9-10,16-17,20-25,31-36,52-53,58,65H,5-8,11-15,18-19,26-30,37-41H2,1-4H3,(H11-,71,72,73,74,75,76,77,82,83,84,85,86,87,88,89,90,91,92,93,94,95,99)/p+1. The topological polar surface area (TPSA) is 383 Å². The summed E-state index contributed by atoms with van der Waals surface area (Å²) < 4.78 is 20.3. The van der Waals surface area contributed by atoms with E-state index in [0.717, 1.165) is 45.9 Å². The summed E-state index contributed by atoms with van der Waals surface area (Å²) in [6, 6.07) is 25.9. The Labute approximate surface area is 587 Å². The minimum Gasteiger partial charge on any atom is -0.490 e. The molecule has 4 aromatic carbocycles. The molecule has 8 rings (SSSR count). The number of benzene rings is 5. The number of amides is 5. The van der Waals surface area contributed by atoms with Crippen LogP contribution in [0.2, 0.25) is 0 Å². The number of ether oxygens (including phenoxy) is 2. The van der Waals surface area contributed by atoms with Crippen LogP contribution in [0.1, 0.15) is 91.3 Å². The van der Waals surface area contributed by atoms with Crippen LogP contribution in [0.5, 0.6) is 11.5 Å². The molecule has 4 aliphatic rings. The Morgan fingerprint density at radius 1 is 0.690 bits per heavy atom. The number of nitrogens with one attached hydrogen (secondary N) is 7. The first-order chi connectivity index (χ1) is 47.9. The molecule has 1 aliphatic carbocycles. The minimum atomic E-state index is -1.33. The van der Waals surface area contributed by atoms with E-state index in [1.807, 2.05) is 85.8 Å². The molecule has 3 heterocycles. The lowest BCUT2D eigenvalue weighted by atomic mass is 9.89. The number of hydrogen-bond donors (Lipinski definition) is 12. The number of nitrogens with zero attached hydrogens (tertiary/aromatic N) is 4. The number of hydrogen-bond acceptors (Lipinski definition) is 17. The molecule has 0 aromatic heterocycles. The molecule has 0 saturated carbocycles. The first-order valence-electron chi connectivity index (χ1n) is 32.9. The maximum Gasteiger partial charge on any atom is 0.336 e. The van der Waals surface area contributed by atoms with Gasteiger partial charge in [0, 0.05) is 115 Å². The van der Waals surface area contributed by atoms with Crippen LogP contribution in [0.15, 0.2) is 101 Å². The lowest BCUT2D eigenvalue weighted by Crippen LogP contribution is -2.48. The lowest BCUT2D eigenvalue weighted by Gasteiger charge is -2.24. The molecule has 3 aliphatic heterocycles. The summed E-state index contributed by atoms with van der Waals surface area (Å²) in [7, 11) is 7.66. The van der Waals surface area contributed by atoms with Gasteiger partial charge in [0.05, 0.1) is 29.4 Å². The molecular formula is C70H86N11O17S2+. The fourth-order valence-corrected chi connectivity index (χ4v) is 13.7. The Balaban J connectivity index is 0.886. The van der Waals surface area contributed by atoms with Crippen LogP contribution in [0.3, 0.4) is 0 Å². The van der Waals surface area contributed by atoms with Crippen LogP contribution in [-0.4, -0.2) is 201 Å². The minimum absolute atomic E-state index is 0.0425. The van der Waals surface area contributed by atoms with E-state index in [2.05, 4.69) is 37.2 Å². The van der Waals surface area contributed by atoms with Crippen LogP contribution in [0.4, 0.5) is 27.5 Å². The van der Waals surface area contributed by atoms with Crippen molar-refractivity contribution in [3.05, 3.63) is 114 Å². The molecule has 0 spiro atoms. The highest BCUT2D eigenvalue weighted by Gasteiger charge is 2.42. The highest BCUT2D eigenvalue weighted by molar-refractivity contribution is 8.00. The molecule has 4 aromatic rings. The van der Waals surface area contributed by atoms with Crippen molar-refractivity contribution in [2.45, 2.75) is 94.0 Å². The largest absolute Gasteiger partial charge is 0.490 e. The number of carbonyl (C=O) groups is 9. The number of fused-ring (bicyclic) bond motifs is 3. The first kappa shape index (κ1) is 75.4. The van der Waals surface area contributed by atoms with E-state index in [1.165, 1.54) is 36.4 Å². The van der Waals surface area contributed by atoms with E-state index in [1.54, 1.807) is 24.3 Å². The highest BCUT2D eigenvalue weighted by atomic mass is 32.2. The Kier molecular flexibility index (Phi) is 27.5. The number of thiocarbonyl (C=S) groups is 1. The molecule has 4 atom stereocenters. The molecule has 534 valence electrons. The third-order valence-electron chi connectivity index (χ3n) is 16.8. The van der Waals surface area contributed by atoms with Gasteiger partial charge in [0.25, 0.3) is 5.91 Å². The van der Waals surface area contributed by atoms with Gasteiger partial charge < -0.3 is 91.3 Å². The fourth-order valence-electron chi connectivity index (χ4n) is 11.9. The average molecular weight is 1420 g/mol. The number of aliphatic carboxylic acids is 4. The molecule has 2 fully saturated rings. The van der Waals surface area contributed by atoms with Crippen molar-refractivity contribution >= 4 is 116 Å². The van der Waals surface area contributed by atoms with E-state index in [-0.39, 0.29) is 102 Å². The third-order valence-corrected chi connectivity index (χ3v) is 18.5. The maximum atomic E-state index is 14.1. The highest BCUT2D eigenvalue weighted by Crippen LogP contribution is 2.43. The third kappa shape index (κ3) is 21.8. The summed E-state index contributed by atoms with van der Waals surface area (Å²) >= 11 is 7.63. The van der Waals surface area contributed by atoms with E-state index in [0.29, 0.717) is 90.2 Å². The van der Waals surface area contributed by atoms with Crippen LogP contribution in [0.25, 0.3) is 33.4 Å². The van der Waals surface area contributed by atoms with E-state index in [9.17, 15) is 68.7 Å². The van der Waals surface area contributed by atoms with Crippen molar-refractivity contribution in [1.82, 2.24) is 36.5 Å². The molecular weight excluding hydrogens is 1330 g/mol. The number of rotatable bonds is 39. The van der Waals surface area contributed by atoms with E-state index < -0.39 is 73.9 Å². The predicted octanol–water partition coefficient (Wildman–Crippen LogP) is 6.18. The summed E-state index contributed by atoms with van der Waals surface area (Å²) in [6.45, 7) is -2.17. The fraction of sp³-hybridized carbons (Fsp3) is 0.414. The Hall–Kier alpha value is -10.4. The molecule has 4 unspecified atom stereocenters. The van der Waals surface area contributed by atoms with Crippen LogP contribution in [-0.2, 0) is 28.8 Å². The number of carbonyl (C=O) groups excluding carboxylic acids is 4. The van der Waals surface area contributed by atoms with Gasteiger partial charge in [-0.2, -0.15) is 11.8 Å². The monoisotopic (exact) mass is 1420 g/mol. The second kappa shape index (κ2) is 36.5. The predicted molar refractivity (Wildman–Crippen MR) is 383 cm³/mol. The van der Waals surface area contributed by atoms with Crippen molar-refractivity contribution in [3.63, 3.8) is 0 Å². The zero-order valence-corrected chi connectivity index (χ0v) is 57.8. The maximum absolute atomic E-state index is 14.1. The Morgan fingerprint density at radius 3 is 2.07 bits per heavy atom. The number of carboxylic acids is 5. The van der Waals surface area contributed by atoms with Gasteiger partial charge in [-0.05, 0) is 118 Å². The summed E-state index contributed by atoms with van der Waals surface area (Å²) in [5, 5.41) is 71.9. The van der Waals surface area contributed by atoms with Crippen LogP contribution < -0.4 is 71.3 Å². The quantitative estimate of drug-likeness (QED) is 0.00673. The van der Waals surface area contributed by atoms with Crippen LogP contribution in [0, 0.1) is 0 Å². The number of carboxylic acid groups (broad SMARTS) is 5. The van der Waals surface area contributed by atoms with Crippen molar-refractivity contribution in [3.8, 4) is 33.9 Å². The number of unbranched alkanes of at least 4 members (excludes halogenated alkanes) is 5. The van der Waals surface area contributed by atoms with Crippen molar-refractivity contribution in [1.29, 1.82) is 0 Å². The van der Waals surface area contributed by atoms with Gasteiger partial charge >= 0.3 is 35.9 Å². The smallest absolute Gasteiger partial charge is 0.336 e.